The number of benzene rings is 1. The zero-order valence-electron chi connectivity index (χ0n) is 11.7. The van der Waals surface area contributed by atoms with Crippen LogP contribution in [0.2, 0.25) is 0 Å². The number of hydrogen-bond donors (Lipinski definition) is 0. The summed E-state index contributed by atoms with van der Waals surface area (Å²) in [6.07, 6.45) is -1.79. The first-order chi connectivity index (χ1) is 10.0. The van der Waals surface area contributed by atoms with Crippen LogP contribution in [0.5, 0.6) is 0 Å². The SMILES string of the molecule is CCOC(=O)C(F)c1ccc(/N=C2\SCC(=O)N2C)cc1. The fraction of sp³-hybridized carbons (Fsp3) is 0.357. The van der Waals surface area contributed by atoms with Crippen LogP contribution in [0.3, 0.4) is 0 Å². The van der Waals surface area contributed by atoms with Crippen molar-refractivity contribution in [3.63, 3.8) is 0 Å². The number of aliphatic imine (C=N–C) groups is 1. The van der Waals surface area contributed by atoms with Crippen LogP contribution in [0.4, 0.5) is 10.1 Å². The van der Waals surface area contributed by atoms with Gasteiger partial charge in [-0.15, -0.1) is 0 Å². The van der Waals surface area contributed by atoms with Gasteiger partial charge in [0.2, 0.25) is 12.1 Å². The number of ether oxygens (including phenoxy) is 1. The Labute approximate surface area is 126 Å². The van der Waals surface area contributed by atoms with Gasteiger partial charge in [-0.2, -0.15) is 0 Å². The topological polar surface area (TPSA) is 59.0 Å². The average molecular weight is 310 g/mol. The molecule has 0 spiro atoms. The van der Waals surface area contributed by atoms with Gasteiger partial charge >= 0.3 is 5.97 Å². The van der Waals surface area contributed by atoms with E-state index in [4.69, 9.17) is 0 Å². The van der Waals surface area contributed by atoms with Crippen molar-refractivity contribution in [1.29, 1.82) is 0 Å². The highest BCUT2D eigenvalue weighted by Crippen LogP contribution is 2.25. The fourth-order valence-corrected chi connectivity index (χ4v) is 2.63. The largest absolute Gasteiger partial charge is 0.464 e. The fourth-order valence-electron chi connectivity index (χ4n) is 1.71. The molecule has 5 nitrogen and oxygen atoms in total. The Kier molecular flexibility index (Phi) is 4.95. The molecule has 0 radical (unpaired) electrons. The third kappa shape index (κ3) is 3.60. The molecule has 1 aromatic carbocycles. The minimum Gasteiger partial charge on any atom is -0.464 e. The van der Waals surface area contributed by atoms with Gasteiger partial charge in [-0.05, 0) is 24.6 Å². The van der Waals surface area contributed by atoms with E-state index in [1.165, 1.54) is 28.8 Å². The second-order valence-electron chi connectivity index (χ2n) is 4.34. The predicted molar refractivity (Wildman–Crippen MR) is 79.2 cm³/mol. The van der Waals surface area contributed by atoms with E-state index in [-0.39, 0.29) is 18.1 Å². The van der Waals surface area contributed by atoms with E-state index in [1.807, 2.05) is 0 Å². The maximum atomic E-state index is 13.8. The van der Waals surface area contributed by atoms with Crippen molar-refractivity contribution in [3.05, 3.63) is 29.8 Å². The summed E-state index contributed by atoms with van der Waals surface area (Å²) >= 11 is 1.35. The standard InChI is InChI=1S/C14H15FN2O3S/c1-3-20-13(19)12(15)9-4-6-10(7-5-9)16-14-17(2)11(18)8-21-14/h4-7,12H,3,8H2,1-2H3/b16-14-. The molecule has 7 heteroatoms. The van der Waals surface area contributed by atoms with E-state index in [0.29, 0.717) is 16.6 Å². The molecular formula is C14H15FN2O3S. The summed E-state index contributed by atoms with van der Waals surface area (Å²) < 4.78 is 18.4. The first kappa shape index (κ1) is 15.5. The molecular weight excluding hydrogens is 295 g/mol. The van der Waals surface area contributed by atoms with Gasteiger partial charge in [0.05, 0.1) is 18.0 Å². The van der Waals surface area contributed by atoms with Crippen molar-refractivity contribution in [2.75, 3.05) is 19.4 Å². The van der Waals surface area contributed by atoms with Gasteiger partial charge in [-0.3, -0.25) is 9.69 Å². The lowest BCUT2D eigenvalue weighted by atomic mass is 10.1. The summed E-state index contributed by atoms with van der Waals surface area (Å²) in [5, 5.41) is 0.606. The summed E-state index contributed by atoms with van der Waals surface area (Å²) in [4.78, 5) is 28.5. The first-order valence-electron chi connectivity index (χ1n) is 6.41. The molecule has 2 rings (SSSR count). The number of nitrogens with zero attached hydrogens (tertiary/aromatic N) is 2. The summed E-state index contributed by atoms with van der Waals surface area (Å²) in [6, 6.07) is 6.18. The van der Waals surface area contributed by atoms with Crippen LogP contribution in [-0.4, -0.2) is 41.4 Å². The van der Waals surface area contributed by atoms with E-state index >= 15 is 0 Å². The smallest absolute Gasteiger partial charge is 0.345 e. The van der Waals surface area contributed by atoms with E-state index in [1.54, 1.807) is 26.1 Å². The van der Waals surface area contributed by atoms with Crippen molar-refractivity contribution in [2.24, 2.45) is 4.99 Å². The number of amides is 1. The van der Waals surface area contributed by atoms with Crippen molar-refractivity contribution in [2.45, 2.75) is 13.1 Å². The number of thioether (sulfide) groups is 1. The summed E-state index contributed by atoms with van der Waals surface area (Å²) in [5.74, 6) is -0.516. The molecule has 0 saturated carbocycles. The van der Waals surface area contributed by atoms with Gasteiger partial charge in [-0.25, -0.2) is 14.2 Å². The molecule has 1 atom stereocenters. The number of carbonyl (C=O) groups excluding carboxylic acids is 2. The highest BCUT2D eigenvalue weighted by Gasteiger charge is 2.24. The maximum Gasteiger partial charge on any atom is 0.345 e. The molecule has 0 bridgehead atoms. The van der Waals surface area contributed by atoms with Gasteiger partial charge in [0.15, 0.2) is 5.17 Å². The Morgan fingerprint density at radius 2 is 2.14 bits per heavy atom. The molecule has 1 unspecified atom stereocenters. The van der Waals surface area contributed by atoms with Crippen LogP contribution < -0.4 is 0 Å². The third-order valence-corrected chi connectivity index (χ3v) is 3.90. The molecule has 1 aromatic rings. The molecule has 0 N–H and O–H groups in total. The number of hydrogen-bond acceptors (Lipinski definition) is 5. The molecule has 1 amide bonds. The minimum atomic E-state index is -1.79. The van der Waals surface area contributed by atoms with E-state index in [9.17, 15) is 14.0 Å². The van der Waals surface area contributed by atoms with Gasteiger partial charge in [0, 0.05) is 7.05 Å². The second kappa shape index (κ2) is 6.71. The number of esters is 1. The van der Waals surface area contributed by atoms with Crippen LogP contribution in [0.25, 0.3) is 0 Å². The van der Waals surface area contributed by atoms with Crippen LogP contribution in [0, 0.1) is 0 Å². The number of amidine groups is 1. The second-order valence-corrected chi connectivity index (χ2v) is 5.28. The minimum absolute atomic E-state index is 0.00139. The lowest BCUT2D eigenvalue weighted by Gasteiger charge is -2.09. The summed E-state index contributed by atoms with van der Waals surface area (Å²) in [6.45, 7) is 1.77. The summed E-state index contributed by atoms with van der Waals surface area (Å²) in [7, 11) is 1.66. The Balaban J connectivity index is 2.11. The van der Waals surface area contributed by atoms with Crippen LogP contribution in [0.1, 0.15) is 18.7 Å². The molecule has 1 heterocycles. The van der Waals surface area contributed by atoms with Gasteiger partial charge in [0.25, 0.3) is 0 Å². The third-order valence-electron chi connectivity index (χ3n) is 2.89. The Morgan fingerprint density at radius 3 is 2.67 bits per heavy atom. The summed E-state index contributed by atoms with van der Waals surface area (Å²) in [5.41, 5.74) is 0.819. The maximum absolute atomic E-state index is 13.8. The van der Waals surface area contributed by atoms with E-state index in [0.717, 1.165) is 0 Å². The number of halogens is 1. The lowest BCUT2D eigenvalue weighted by Crippen LogP contribution is -2.24. The van der Waals surface area contributed by atoms with Gasteiger partial charge in [-0.1, -0.05) is 23.9 Å². The zero-order chi connectivity index (χ0) is 15.4. The normalized spacial score (nSPS) is 18.1. The Hall–Kier alpha value is -1.89. The highest BCUT2D eigenvalue weighted by molar-refractivity contribution is 8.15. The zero-order valence-corrected chi connectivity index (χ0v) is 12.5. The molecule has 0 aliphatic carbocycles. The Morgan fingerprint density at radius 1 is 1.48 bits per heavy atom. The molecule has 112 valence electrons. The highest BCUT2D eigenvalue weighted by atomic mass is 32.2. The van der Waals surface area contributed by atoms with E-state index in [2.05, 4.69) is 9.73 Å². The first-order valence-corrected chi connectivity index (χ1v) is 7.40. The van der Waals surface area contributed by atoms with Crippen molar-refractivity contribution in [1.82, 2.24) is 4.90 Å². The molecule has 0 aromatic heterocycles. The van der Waals surface area contributed by atoms with Crippen molar-refractivity contribution in [3.8, 4) is 0 Å². The predicted octanol–water partition coefficient (Wildman–Crippen LogP) is 2.45. The van der Waals surface area contributed by atoms with Crippen molar-refractivity contribution < 1.29 is 18.7 Å². The monoisotopic (exact) mass is 310 g/mol. The molecule has 1 fully saturated rings. The molecule has 21 heavy (non-hydrogen) atoms. The van der Waals surface area contributed by atoms with Gasteiger partial charge < -0.3 is 4.74 Å². The quantitative estimate of drug-likeness (QED) is 0.802. The Bertz CT molecular complexity index is 574. The van der Waals surface area contributed by atoms with Crippen molar-refractivity contribution >= 4 is 34.5 Å². The van der Waals surface area contributed by atoms with Crippen LogP contribution >= 0.6 is 11.8 Å². The molecule has 1 saturated heterocycles. The number of carbonyl (C=O) groups is 2. The van der Waals surface area contributed by atoms with Crippen LogP contribution in [-0.2, 0) is 14.3 Å². The van der Waals surface area contributed by atoms with Gasteiger partial charge in [0.1, 0.15) is 0 Å². The van der Waals surface area contributed by atoms with E-state index < -0.39 is 12.1 Å². The number of alkyl halides is 1. The lowest BCUT2D eigenvalue weighted by molar-refractivity contribution is -0.149. The molecule has 1 aliphatic heterocycles. The average Bonchev–Trinajstić information content (AvgIpc) is 2.79. The molecule has 1 aliphatic rings. The van der Waals surface area contributed by atoms with Crippen LogP contribution in [0.15, 0.2) is 29.3 Å². The number of rotatable bonds is 4.